The largest absolute Gasteiger partial charge is 0.460 e. The number of aryl methyl sites for hydroxylation is 1. The lowest BCUT2D eigenvalue weighted by Gasteiger charge is -2.06. The highest BCUT2D eigenvalue weighted by atomic mass is 32.2. The molecule has 0 aliphatic heterocycles. The van der Waals surface area contributed by atoms with Gasteiger partial charge in [0.1, 0.15) is 6.61 Å². The quantitative estimate of drug-likeness (QED) is 0.432. The van der Waals surface area contributed by atoms with Crippen LogP contribution in [-0.2, 0) is 20.9 Å². The molecule has 2 rings (SSSR count). The molecule has 0 fully saturated rings. The average molecular weight is 374 g/mol. The monoisotopic (exact) mass is 374 g/mol. The number of nitrogens with zero attached hydrogens (tertiary/aromatic N) is 1. The molecule has 1 N–H and O–H groups in total. The number of hydrogen-bond donors (Lipinski definition) is 1. The summed E-state index contributed by atoms with van der Waals surface area (Å²) in [5, 5.41) is 13.3. The van der Waals surface area contributed by atoms with Gasteiger partial charge in [0.15, 0.2) is 0 Å². The van der Waals surface area contributed by atoms with Gasteiger partial charge in [0, 0.05) is 17.8 Å². The number of nitrogens with one attached hydrogen (secondary N) is 1. The van der Waals surface area contributed by atoms with Crippen molar-refractivity contribution in [3.63, 3.8) is 0 Å². The van der Waals surface area contributed by atoms with Crippen LogP contribution in [-0.4, -0.2) is 28.3 Å². The number of nitro groups is 1. The van der Waals surface area contributed by atoms with Crippen LogP contribution in [0, 0.1) is 17.0 Å². The maximum absolute atomic E-state index is 11.8. The Balaban J connectivity index is 1.66. The predicted octanol–water partition coefficient (Wildman–Crippen LogP) is 3.32. The molecule has 0 aliphatic rings. The zero-order chi connectivity index (χ0) is 18.9. The van der Waals surface area contributed by atoms with E-state index in [-0.39, 0.29) is 29.7 Å². The highest BCUT2D eigenvalue weighted by Crippen LogP contribution is 2.13. The van der Waals surface area contributed by atoms with Gasteiger partial charge in [-0.2, -0.15) is 0 Å². The van der Waals surface area contributed by atoms with Crippen LogP contribution in [0.15, 0.2) is 48.5 Å². The molecule has 0 bridgehead atoms. The van der Waals surface area contributed by atoms with Crippen molar-refractivity contribution in [3.05, 3.63) is 69.8 Å². The van der Waals surface area contributed by atoms with Crippen LogP contribution >= 0.6 is 11.8 Å². The Morgan fingerprint density at radius 2 is 1.73 bits per heavy atom. The summed E-state index contributed by atoms with van der Waals surface area (Å²) in [5.41, 5.74) is 2.45. The van der Waals surface area contributed by atoms with Gasteiger partial charge in [0.25, 0.3) is 5.69 Å². The normalized spacial score (nSPS) is 10.2. The second kappa shape index (κ2) is 9.57. The first-order valence-corrected chi connectivity index (χ1v) is 8.93. The lowest BCUT2D eigenvalue weighted by atomic mass is 10.2. The van der Waals surface area contributed by atoms with Gasteiger partial charge in [0.2, 0.25) is 5.91 Å². The molecule has 0 aromatic heterocycles. The molecule has 8 heteroatoms. The molecule has 0 saturated carbocycles. The van der Waals surface area contributed by atoms with E-state index < -0.39 is 10.9 Å². The van der Waals surface area contributed by atoms with Gasteiger partial charge in [-0.05, 0) is 36.8 Å². The van der Waals surface area contributed by atoms with E-state index in [4.69, 9.17) is 4.74 Å². The first kappa shape index (κ1) is 19.5. The fraction of sp³-hybridized carbons (Fsp3) is 0.222. The summed E-state index contributed by atoms with van der Waals surface area (Å²) < 4.78 is 5.08. The van der Waals surface area contributed by atoms with Crippen LogP contribution in [0.25, 0.3) is 0 Å². The molecule has 0 atom stereocenters. The van der Waals surface area contributed by atoms with Gasteiger partial charge < -0.3 is 10.1 Å². The minimum atomic E-state index is -0.492. The lowest BCUT2D eigenvalue weighted by molar-refractivity contribution is -0.384. The number of rotatable bonds is 8. The molecule has 26 heavy (non-hydrogen) atoms. The van der Waals surface area contributed by atoms with E-state index in [0.717, 1.165) is 17.3 Å². The molecule has 0 spiro atoms. The Morgan fingerprint density at radius 1 is 1.08 bits per heavy atom. The van der Waals surface area contributed by atoms with Crippen LogP contribution in [0.1, 0.15) is 11.1 Å². The molecule has 0 aliphatic carbocycles. The van der Waals surface area contributed by atoms with Crippen molar-refractivity contribution in [1.29, 1.82) is 0 Å². The minimum absolute atomic E-state index is 0.0183. The van der Waals surface area contributed by atoms with Gasteiger partial charge >= 0.3 is 5.97 Å². The Morgan fingerprint density at radius 3 is 2.35 bits per heavy atom. The number of non-ortho nitro benzene ring substituents is 1. The number of thioether (sulfide) groups is 1. The summed E-state index contributed by atoms with van der Waals surface area (Å²) in [6.45, 7) is 2.00. The molecule has 7 nitrogen and oxygen atoms in total. The third-order valence-corrected chi connectivity index (χ3v) is 4.24. The number of amides is 1. The van der Waals surface area contributed by atoms with Crippen LogP contribution in [0.3, 0.4) is 0 Å². The van der Waals surface area contributed by atoms with E-state index >= 15 is 0 Å². The number of nitro benzene ring substituents is 1. The van der Waals surface area contributed by atoms with Crippen LogP contribution in [0.5, 0.6) is 0 Å². The van der Waals surface area contributed by atoms with Crippen molar-refractivity contribution in [2.24, 2.45) is 0 Å². The van der Waals surface area contributed by atoms with Crippen molar-refractivity contribution >= 4 is 35.0 Å². The zero-order valence-corrected chi connectivity index (χ0v) is 15.0. The number of ether oxygens (including phenoxy) is 1. The third-order valence-electron chi connectivity index (χ3n) is 3.34. The van der Waals surface area contributed by atoms with Gasteiger partial charge in [-0.15, -0.1) is 11.8 Å². The van der Waals surface area contributed by atoms with E-state index in [9.17, 15) is 19.7 Å². The zero-order valence-electron chi connectivity index (χ0n) is 14.1. The standard InChI is InChI=1S/C18H18N2O5S/c1-13-2-6-15(7-3-13)19-17(21)11-26-12-18(22)25-10-14-4-8-16(9-5-14)20(23)24/h2-9H,10-12H2,1H3,(H,19,21). The van der Waals surface area contributed by atoms with E-state index in [0.29, 0.717) is 11.3 Å². The third kappa shape index (κ3) is 6.56. The average Bonchev–Trinajstić information content (AvgIpc) is 2.62. The van der Waals surface area contributed by atoms with Gasteiger partial charge in [-0.25, -0.2) is 0 Å². The number of carbonyl (C=O) groups is 2. The number of anilines is 1. The fourth-order valence-electron chi connectivity index (χ4n) is 1.98. The lowest BCUT2D eigenvalue weighted by Crippen LogP contribution is -2.16. The number of esters is 1. The molecule has 136 valence electrons. The number of hydrogen-bond acceptors (Lipinski definition) is 6. The highest BCUT2D eigenvalue weighted by Gasteiger charge is 2.09. The van der Waals surface area contributed by atoms with Crippen LogP contribution < -0.4 is 5.32 Å². The van der Waals surface area contributed by atoms with Crippen molar-refractivity contribution in [2.75, 3.05) is 16.8 Å². The molecule has 2 aromatic rings. The smallest absolute Gasteiger partial charge is 0.316 e. The molecule has 0 unspecified atom stereocenters. The van der Waals surface area contributed by atoms with Crippen LogP contribution in [0.4, 0.5) is 11.4 Å². The second-order valence-electron chi connectivity index (χ2n) is 5.49. The summed E-state index contributed by atoms with van der Waals surface area (Å²) in [6, 6.07) is 13.2. The Hall–Kier alpha value is -2.87. The van der Waals surface area contributed by atoms with Crippen LogP contribution in [0.2, 0.25) is 0 Å². The summed E-state index contributed by atoms with van der Waals surface area (Å²) in [4.78, 5) is 33.6. The van der Waals surface area contributed by atoms with E-state index in [2.05, 4.69) is 5.32 Å². The maximum atomic E-state index is 11.8. The van der Waals surface area contributed by atoms with E-state index in [1.807, 2.05) is 31.2 Å². The number of carbonyl (C=O) groups excluding carboxylic acids is 2. The molecule has 1 amide bonds. The topological polar surface area (TPSA) is 98.5 Å². The minimum Gasteiger partial charge on any atom is -0.460 e. The van der Waals surface area contributed by atoms with Gasteiger partial charge in [-0.1, -0.05) is 17.7 Å². The predicted molar refractivity (Wildman–Crippen MR) is 100 cm³/mol. The second-order valence-corrected chi connectivity index (χ2v) is 6.48. The molecule has 0 saturated heterocycles. The van der Waals surface area contributed by atoms with Crippen molar-refractivity contribution in [1.82, 2.24) is 0 Å². The van der Waals surface area contributed by atoms with Crippen molar-refractivity contribution in [3.8, 4) is 0 Å². The Bertz CT molecular complexity index is 775. The Kier molecular flexibility index (Phi) is 7.16. The molecule has 0 heterocycles. The van der Waals surface area contributed by atoms with Gasteiger partial charge in [-0.3, -0.25) is 19.7 Å². The first-order valence-electron chi connectivity index (χ1n) is 7.77. The molecule has 0 radical (unpaired) electrons. The Labute approximate surface area is 154 Å². The maximum Gasteiger partial charge on any atom is 0.316 e. The van der Waals surface area contributed by atoms with Crippen molar-refractivity contribution in [2.45, 2.75) is 13.5 Å². The summed E-state index contributed by atoms with van der Waals surface area (Å²) in [6.07, 6.45) is 0. The number of benzene rings is 2. The SMILES string of the molecule is Cc1ccc(NC(=O)CSCC(=O)OCc2ccc([N+](=O)[O-])cc2)cc1. The highest BCUT2D eigenvalue weighted by molar-refractivity contribution is 8.00. The molecular formula is C18H18N2O5S. The van der Waals surface area contributed by atoms with E-state index in [1.165, 1.54) is 24.3 Å². The summed E-state index contributed by atoms with van der Waals surface area (Å²) in [7, 11) is 0. The molecular weight excluding hydrogens is 356 g/mol. The molecule has 2 aromatic carbocycles. The summed E-state index contributed by atoms with van der Waals surface area (Å²) >= 11 is 1.16. The van der Waals surface area contributed by atoms with E-state index in [1.54, 1.807) is 0 Å². The van der Waals surface area contributed by atoms with Gasteiger partial charge in [0.05, 0.1) is 16.4 Å². The first-order chi connectivity index (χ1) is 12.4. The summed E-state index contributed by atoms with van der Waals surface area (Å²) in [5.74, 6) is -0.451. The van der Waals surface area contributed by atoms with Crippen molar-refractivity contribution < 1.29 is 19.2 Å². The fourth-order valence-corrected chi connectivity index (χ4v) is 2.59.